The fourth-order valence-electron chi connectivity index (χ4n) is 3.67. The van der Waals surface area contributed by atoms with Gasteiger partial charge < -0.3 is 5.32 Å². The molecule has 5 nitrogen and oxygen atoms in total. The van der Waals surface area contributed by atoms with Crippen molar-refractivity contribution in [1.82, 2.24) is 15.5 Å². The molecule has 3 aromatic carbocycles. The first-order valence-electron chi connectivity index (χ1n) is 9.36. The lowest BCUT2D eigenvalue weighted by Crippen LogP contribution is -2.23. The third kappa shape index (κ3) is 3.02. The van der Waals surface area contributed by atoms with E-state index >= 15 is 0 Å². The molecule has 0 unspecified atom stereocenters. The molecule has 1 amide bonds. The lowest BCUT2D eigenvalue weighted by molar-refractivity contribution is 0.0951. The Morgan fingerprint density at radius 3 is 2.38 bits per heavy atom. The molecular weight excluding hydrogens is 362 g/mol. The number of hydrogen-bond donors (Lipinski definition) is 2. The standard InChI is InChI=1S/C24H17N3O2/c28-23-20-4-2-1-3-18(20)19-10-9-17(13-21(19)23)24(29)25-14-15-5-7-16(8-6-15)22-11-12-26-27-22/h1-13H,14H2,(H,25,29)(H,26,27). The van der Waals surface area contributed by atoms with Gasteiger partial charge in [0.05, 0.1) is 5.69 Å². The van der Waals surface area contributed by atoms with Crippen LogP contribution in [0.3, 0.4) is 0 Å². The van der Waals surface area contributed by atoms with E-state index in [1.54, 1.807) is 18.3 Å². The average molecular weight is 379 g/mol. The Labute approximate surface area is 167 Å². The third-order valence-corrected chi connectivity index (χ3v) is 5.21. The van der Waals surface area contributed by atoms with Crippen LogP contribution in [0.5, 0.6) is 0 Å². The highest BCUT2D eigenvalue weighted by molar-refractivity contribution is 6.22. The smallest absolute Gasteiger partial charge is 0.251 e. The summed E-state index contributed by atoms with van der Waals surface area (Å²) in [7, 11) is 0. The molecular formula is C24H17N3O2. The lowest BCUT2D eigenvalue weighted by atomic mass is 10.0. The molecule has 0 bridgehead atoms. The maximum atomic E-state index is 12.6. The minimum absolute atomic E-state index is 0.0281. The van der Waals surface area contributed by atoms with E-state index in [2.05, 4.69) is 15.5 Å². The molecule has 1 aromatic heterocycles. The fourth-order valence-corrected chi connectivity index (χ4v) is 3.67. The first kappa shape index (κ1) is 17.1. The van der Waals surface area contributed by atoms with Gasteiger partial charge in [-0.2, -0.15) is 5.10 Å². The molecule has 0 saturated carbocycles. The first-order chi connectivity index (χ1) is 14.2. The van der Waals surface area contributed by atoms with E-state index in [-0.39, 0.29) is 11.7 Å². The normalized spacial score (nSPS) is 11.8. The van der Waals surface area contributed by atoms with Crippen LogP contribution in [0, 0.1) is 0 Å². The zero-order valence-corrected chi connectivity index (χ0v) is 15.5. The van der Waals surface area contributed by atoms with Gasteiger partial charge in [-0.1, -0.05) is 54.6 Å². The molecule has 5 heteroatoms. The van der Waals surface area contributed by atoms with Crippen molar-refractivity contribution in [3.05, 3.63) is 101 Å². The second kappa shape index (κ2) is 6.87. The number of nitrogens with zero attached hydrogens (tertiary/aromatic N) is 1. The van der Waals surface area contributed by atoms with Crippen molar-refractivity contribution in [2.45, 2.75) is 6.54 Å². The largest absolute Gasteiger partial charge is 0.348 e. The van der Waals surface area contributed by atoms with E-state index in [1.165, 1.54) is 0 Å². The molecule has 5 rings (SSSR count). The van der Waals surface area contributed by atoms with Gasteiger partial charge in [0.2, 0.25) is 0 Å². The highest BCUT2D eigenvalue weighted by Crippen LogP contribution is 2.36. The van der Waals surface area contributed by atoms with Crippen molar-refractivity contribution in [3.8, 4) is 22.4 Å². The van der Waals surface area contributed by atoms with Crippen molar-refractivity contribution in [2.24, 2.45) is 0 Å². The Morgan fingerprint density at radius 2 is 1.62 bits per heavy atom. The SMILES string of the molecule is O=C(NCc1ccc(-c2ccn[nH]2)cc1)c1ccc2c(c1)C(=O)c1ccccc1-2. The Bertz CT molecular complexity index is 1230. The van der Waals surface area contributed by atoms with Crippen LogP contribution in [0.25, 0.3) is 22.4 Å². The van der Waals surface area contributed by atoms with Crippen LogP contribution in [-0.4, -0.2) is 21.9 Å². The fraction of sp³-hybridized carbons (Fsp3) is 0.0417. The van der Waals surface area contributed by atoms with Gasteiger partial charge in [-0.05, 0) is 40.5 Å². The molecule has 0 spiro atoms. The molecule has 0 fully saturated rings. The van der Waals surface area contributed by atoms with Gasteiger partial charge >= 0.3 is 0 Å². The summed E-state index contributed by atoms with van der Waals surface area (Å²) in [6, 6.07) is 22.7. The number of nitrogens with one attached hydrogen (secondary N) is 2. The number of fused-ring (bicyclic) bond motifs is 3. The molecule has 0 saturated heterocycles. The molecule has 140 valence electrons. The van der Waals surface area contributed by atoms with Crippen LogP contribution >= 0.6 is 0 Å². The van der Waals surface area contributed by atoms with Gasteiger partial charge in [-0.3, -0.25) is 14.7 Å². The summed E-state index contributed by atoms with van der Waals surface area (Å²) >= 11 is 0. The summed E-state index contributed by atoms with van der Waals surface area (Å²) in [4.78, 5) is 25.2. The van der Waals surface area contributed by atoms with E-state index in [4.69, 9.17) is 0 Å². The van der Waals surface area contributed by atoms with Crippen LogP contribution in [0.4, 0.5) is 0 Å². The number of H-pyrrole nitrogens is 1. The molecule has 29 heavy (non-hydrogen) atoms. The van der Waals surface area contributed by atoms with Crippen molar-refractivity contribution in [2.75, 3.05) is 0 Å². The Kier molecular flexibility index (Phi) is 4.06. The van der Waals surface area contributed by atoms with Gasteiger partial charge in [0.25, 0.3) is 5.91 Å². The Morgan fingerprint density at radius 1 is 0.862 bits per heavy atom. The maximum absolute atomic E-state index is 12.6. The van der Waals surface area contributed by atoms with E-state index < -0.39 is 0 Å². The number of ketones is 1. The zero-order valence-electron chi connectivity index (χ0n) is 15.5. The summed E-state index contributed by atoms with van der Waals surface area (Å²) < 4.78 is 0. The van der Waals surface area contributed by atoms with E-state index in [1.807, 2.05) is 60.7 Å². The van der Waals surface area contributed by atoms with Crippen LogP contribution in [0.15, 0.2) is 79.0 Å². The monoisotopic (exact) mass is 379 g/mol. The molecule has 0 aliphatic heterocycles. The van der Waals surface area contributed by atoms with Crippen molar-refractivity contribution in [3.63, 3.8) is 0 Å². The summed E-state index contributed by atoms with van der Waals surface area (Å²) in [5, 5.41) is 9.81. The molecule has 1 aliphatic rings. The maximum Gasteiger partial charge on any atom is 0.251 e. The van der Waals surface area contributed by atoms with Gasteiger partial charge in [0.15, 0.2) is 5.78 Å². The van der Waals surface area contributed by atoms with Crippen molar-refractivity contribution >= 4 is 11.7 Å². The first-order valence-corrected chi connectivity index (χ1v) is 9.36. The Hall–Kier alpha value is -3.99. The van der Waals surface area contributed by atoms with Gasteiger partial charge in [0, 0.05) is 29.4 Å². The Balaban J connectivity index is 1.30. The van der Waals surface area contributed by atoms with Gasteiger partial charge in [-0.25, -0.2) is 0 Å². The summed E-state index contributed by atoms with van der Waals surface area (Å²) in [5.74, 6) is -0.228. The lowest BCUT2D eigenvalue weighted by Gasteiger charge is -2.08. The highest BCUT2D eigenvalue weighted by Gasteiger charge is 2.26. The van der Waals surface area contributed by atoms with Gasteiger partial charge in [-0.15, -0.1) is 0 Å². The topological polar surface area (TPSA) is 74.8 Å². The molecule has 0 radical (unpaired) electrons. The van der Waals surface area contributed by atoms with Crippen molar-refractivity contribution < 1.29 is 9.59 Å². The number of carbonyl (C=O) groups excluding carboxylic acids is 2. The quantitative estimate of drug-likeness (QED) is 0.491. The minimum Gasteiger partial charge on any atom is -0.348 e. The molecule has 4 aromatic rings. The number of carbonyl (C=O) groups is 2. The number of benzene rings is 3. The summed E-state index contributed by atoms with van der Waals surface area (Å²) in [6.45, 7) is 0.410. The second-order valence-electron chi connectivity index (χ2n) is 6.98. The molecule has 1 heterocycles. The van der Waals surface area contributed by atoms with E-state index in [0.717, 1.165) is 27.9 Å². The number of hydrogen-bond acceptors (Lipinski definition) is 3. The molecule has 2 N–H and O–H groups in total. The number of aromatic amines is 1. The van der Waals surface area contributed by atoms with Gasteiger partial charge in [0.1, 0.15) is 0 Å². The summed E-state index contributed by atoms with van der Waals surface area (Å²) in [5.41, 5.74) is 6.55. The van der Waals surface area contributed by atoms with Crippen molar-refractivity contribution in [1.29, 1.82) is 0 Å². The third-order valence-electron chi connectivity index (χ3n) is 5.21. The molecule has 0 atom stereocenters. The second-order valence-corrected chi connectivity index (χ2v) is 6.98. The molecule has 1 aliphatic carbocycles. The van der Waals surface area contributed by atoms with E-state index in [0.29, 0.717) is 23.2 Å². The number of aromatic nitrogens is 2. The predicted molar refractivity (Wildman–Crippen MR) is 111 cm³/mol. The average Bonchev–Trinajstić information content (AvgIpc) is 3.40. The van der Waals surface area contributed by atoms with Crippen LogP contribution < -0.4 is 5.32 Å². The summed E-state index contributed by atoms with van der Waals surface area (Å²) in [6.07, 6.45) is 1.71. The van der Waals surface area contributed by atoms with Crippen LogP contribution in [0.1, 0.15) is 31.8 Å². The number of rotatable bonds is 4. The van der Waals surface area contributed by atoms with Crippen LogP contribution in [0.2, 0.25) is 0 Å². The minimum atomic E-state index is -0.200. The van der Waals surface area contributed by atoms with Crippen LogP contribution in [-0.2, 0) is 6.54 Å². The predicted octanol–water partition coefficient (Wildman–Crippen LogP) is 4.22. The zero-order chi connectivity index (χ0) is 19.8. The van der Waals surface area contributed by atoms with E-state index in [9.17, 15) is 9.59 Å². The number of amides is 1. The highest BCUT2D eigenvalue weighted by atomic mass is 16.1.